The van der Waals surface area contributed by atoms with Crippen LogP contribution in [-0.2, 0) is 14.3 Å². The van der Waals surface area contributed by atoms with Crippen LogP contribution in [0.25, 0.3) is 11.1 Å². The lowest BCUT2D eigenvalue weighted by Gasteiger charge is -2.24. The molecule has 3 rings (SSSR count). The molecular weight excluding hydrogens is 426 g/mol. The molecule has 0 aromatic heterocycles. The van der Waals surface area contributed by atoms with E-state index in [2.05, 4.69) is 19.1 Å². The fraction of sp³-hybridized carbons (Fsp3) is 0.517. The lowest BCUT2D eigenvalue weighted by Crippen LogP contribution is -2.56. The summed E-state index contributed by atoms with van der Waals surface area (Å²) in [5, 5.41) is 9.73. The molecule has 5 nitrogen and oxygen atoms in total. The van der Waals surface area contributed by atoms with Crippen LogP contribution in [0, 0.1) is 0 Å². The highest BCUT2D eigenvalue weighted by Crippen LogP contribution is 2.44. The van der Waals surface area contributed by atoms with Crippen molar-refractivity contribution in [3.05, 3.63) is 59.7 Å². The molecule has 2 aromatic carbocycles. The number of fused-ring (bicyclic) bond motifs is 3. The molecule has 1 unspecified atom stereocenters. The fourth-order valence-corrected chi connectivity index (χ4v) is 4.91. The Morgan fingerprint density at radius 1 is 0.824 bits per heavy atom. The summed E-state index contributed by atoms with van der Waals surface area (Å²) in [6.07, 6.45) is 11.4. The number of hydrogen-bond donors (Lipinski definition) is 2. The van der Waals surface area contributed by atoms with Crippen molar-refractivity contribution in [1.82, 2.24) is 0 Å². The maximum atomic E-state index is 12.9. The zero-order chi connectivity index (χ0) is 24.4. The van der Waals surface area contributed by atoms with Crippen molar-refractivity contribution in [2.24, 2.45) is 5.73 Å². The van der Waals surface area contributed by atoms with Crippen molar-refractivity contribution in [3.8, 4) is 11.1 Å². The number of carboxylic acid groups (broad SMARTS) is 1. The molecule has 0 saturated carbocycles. The van der Waals surface area contributed by atoms with E-state index >= 15 is 0 Å². The van der Waals surface area contributed by atoms with Gasteiger partial charge in [0.1, 0.15) is 6.61 Å². The van der Waals surface area contributed by atoms with Crippen LogP contribution in [0.4, 0.5) is 0 Å². The molecular formula is C29H39NO4. The third kappa shape index (κ3) is 6.26. The van der Waals surface area contributed by atoms with Gasteiger partial charge in [0.2, 0.25) is 5.54 Å². The molecule has 1 aliphatic carbocycles. The number of carboxylic acids is 1. The van der Waals surface area contributed by atoms with Gasteiger partial charge in [0.05, 0.1) is 0 Å². The van der Waals surface area contributed by atoms with Gasteiger partial charge in [-0.25, -0.2) is 9.59 Å². The third-order valence-electron chi connectivity index (χ3n) is 7.01. The van der Waals surface area contributed by atoms with Gasteiger partial charge < -0.3 is 15.6 Å². The molecule has 5 heteroatoms. The average Bonchev–Trinajstić information content (AvgIpc) is 3.17. The third-order valence-corrected chi connectivity index (χ3v) is 7.01. The first-order valence-electron chi connectivity index (χ1n) is 12.9. The summed E-state index contributed by atoms with van der Waals surface area (Å²) in [7, 11) is 0. The van der Waals surface area contributed by atoms with E-state index in [1.807, 2.05) is 36.4 Å². The smallest absolute Gasteiger partial charge is 0.337 e. The van der Waals surface area contributed by atoms with E-state index in [9.17, 15) is 14.7 Å². The molecule has 3 N–H and O–H groups in total. The number of aliphatic carboxylic acids is 1. The standard InChI is InChI=1S/C29H39NO4/c1-2-3-4-5-6-7-8-9-10-15-20-29(30,27(31)32)28(33)34-21-26-24-18-13-11-16-22(24)23-17-12-14-19-25(23)26/h11-14,16-19,26H,2-10,15,20-21,30H2,1H3,(H,31,32). The predicted octanol–water partition coefficient (Wildman–Crippen LogP) is 6.44. The second kappa shape index (κ2) is 12.7. The van der Waals surface area contributed by atoms with E-state index in [-0.39, 0.29) is 18.9 Å². The molecule has 1 aliphatic rings. The lowest BCUT2D eigenvalue weighted by molar-refractivity contribution is -0.161. The predicted molar refractivity (Wildman–Crippen MR) is 136 cm³/mol. The Balaban J connectivity index is 1.49. The van der Waals surface area contributed by atoms with Gasteiger partial charge in [0, 0.05) is 5.92 Å². The molecule has 34 heavy (non-hydrogen) atoms. The van der Waals surface area contributed by atoms with Crippen LogP contribution in [0.2, 0.25) is 0 Å². The van der Waals surface area contributed by atoms with E-state index in [1.165, 1.54) is 38.5 Å². The van der Waals surface area contributed by atoms with Gasteiger partial charge in [-0.1, -0.05) is 120 Å². The number of nitrogens with two attached hydrogens (primary N) is 1. The molecule has 0 heterocycles. The summed E-state index contributed by atoms with van der Waals surface area (Å²) < 4.78 is 5.56. The molecule has 0 aliphatic heterocycles. The Morgan fingerprint density at radius 3 is 1.79 bits per heavy atom. The topological polar surface area (TPSA) is 89.6 Å². The highest BCUT2D eigenvalue weighted by molar-refractivity contribution is 6.03. The number of carbonyl (C=O) groups excluding carboxylic acids is 1. The summed E-state index contributed by atoms with van der Waals surface area (Å²) >= 11 is 0. The van der Waals surface area contributed by atoms with E-state index in [0.717, 1.165) is 41.5 Å². The molecule has 2 aromatic rings. The number of rotatable bonds is 15. The van der Waals surface area contributed by atoms with E-state index in [0.29, 0.717) is 6.42 Å². The normalized spacial score (nSPS) is 14.3. The zero-order valence-electron chi connectivity index (χ0n) is 20.4. The van der Waals surface area contributed by atoms with Crippen molar-refractivity contribution in [2.45, 2.75) is 89.0 Å². The van der Waals surface area contributed by atoms with Crippen LogP contribution < -0.4 is 5.73 Å². The lowest BCUT2D eigenvalue weighted by atomic mass is 9.92. The highest BCUT2D eigenvalue weighted by atomic mass is 16.5. The van der Waals surface area contributed by atoms with Crippen molar-refractivity contribution in [2.75, 3.05) is 6.61 Å². The molecule has 0 spiro atoms. The average molecular weight is 466 g/mol. The number of esters is 1. The Labute approximate surface area is 203 Å². The Hall–Kier alpha value is -2.66. The van der Waals surface area contributed by atoms with Crippen LogP contribution in [0.3, 0.4) is 0 Å². The van der Waals surface area contributed by atoms with Crippen molar-refractivity contribution >= 4 is 11.9 Å². The summed E-state index contributed by atoms with van der Waals surface area (Å²) in [5.74, 6) is -2.29. The SMILES string of the molecule is CCCCCCCCCCCCC(N)(C(=O)O)C(=O)OCC1c2ccccc2-c2ccccc21. The maximum Gasteiger partial charge on any atom is 0.337 e. The number of hydrogen-bond acceptors (Lipinski definition) is 4. The minimum Gasteiger partial charge on any atom is -0.479 e. The minimum absolute atomic E-state index is 0.0805. The first-order valence-corrected chi connectivity index (χ1v) is 12.9. The molecule has 0 radical (unpaired) electrons. The number of ether oxygens (including phenoxy) is 1. The monoisotopic (exact) mass is 465 g/mol. The van der Waals surface area contributed by atoms with Gasteiger partial charge in [-0.3, -0.25) is 0 Å². The second-order valence-corrected chi connectivity index (χ2v) is 9.53. The molecule has 184 valence electrons. The summed E-state index contributed by atoms with van der Waals surface area (Å²) in [6.45, 7) is 2.30. The largest absolute Gasteiger partial charge is 0.479 e. The summed E-state index contributed by atoms with van der Waals surface area (Å²) in [6, 6.07) is 16.1. The molecule has 0 fully saturated rings. The Bertz CT molecular complexity index is 911. The maximum absolute atomic E-state index is 12.9. The summed E-state index contributed by atoms with van der Waals surface area (Å²) in [4.78, 5) is 24.8. The van der Waals surface area contributed by atoms with Gasteiger partial charge >= 0.3 is 11.9 Å². The van der Waals surface area contributed by atoms with Crippen LogP contribution in [0.5, 0.6) is 0 Å². The Morgan fingerprint density at radius 2 is 1.29 bits per heavy atom. The van der Waals surface area contributed by atoms with Crippen molar-refractivity contribution in [1.29, 1.82) is 0 Å². The van der Waals surface area contributed by atoms with Crippen molar-refractivity contribution in [3.63, 3.8) is 0 Å². The quantitative estimate of drug-likeness (QED) is 0.180. The molecule has 0 bridgehead atoms. The van der Waals surface area contributed by atoms with Crippen molar-refractivity contribution < 1.29 is 19.4 Å². The van der Waals surface area contributed by atoms with Crippen LogP contribution in [0.1, 0.15) is 94.6 Å². The van der Waals surface area contributed by atoms with Crippen LogP contribution in [0.15, 0.2) is 48.5 Å². The van der Waals surface area contributed by atoms with E-state index < -0.39 is 17.5 Å². The Kier molecular flexibility index (Phi) is 9.70. The van der Waals surface area contributed by atoms with Gasteiger partial charge in [-0.15, -0.1) is 0 Å². The van der Waals surface area contributed by atoms with Gasteiger partial charge in [-0.05, 0) is 28.7 Å². The highest BCUT2D eigenvalue weighted by Gasteiger charge is 2.44. The fourth-order valence-electron chi connectivity index (χ4n) is 4.91. The van der Waals surface area contributed by atoms with Gasteiger partial charge in [-0.2, -0.15) is 0 Å². The number of unbranched alkanes of at least 4 members (excludes halogenated alkanes) is 9. The first kappa shape index (κ1) is 26.0. The minimum atomic E-state index is -2.00. The zero-order valence-corrected chi connectivity index (χ0v) is 20.4. The van der Waals surface area contributed by atoms with E-state index in [4.69, 9.17) is 10.5 Å². The second-order valence-electron chi connectivity index (χ2n) is 9.53. The van der Waals surface area contributed by atoms with Crippen LogP contribution in [-0.4, -0.2) is 29.2 Å². The summed E-state index contributed by atoms with van der Waals surface area (Å²) in [5.41, 5.74) is 8.52. The van der Waals surface area contributed by atoms with E-state index in [1.54, 1.807) is 0 Å². The number of benzene rings is 2. The molecule has 0 amide bonds. The van der Waals surface area contributed by atoms with Gasteiger partial charge in [0.15, 0.2) is 0 Å². The number of carbonyl (C=O) groups is 2. The van der Waals surface area contributed by atoms with Crippen LogP contribution >= 0.6 is 0 Å². The first-order chi connectivity index (χ1) is 16.5. The van der Waals surface area contributed by atoms with Gasteiger partial charge in [0.25, 0.3) is 0 Å². The molecule has 1 atom stereocenters. The molecule has 0 saturated heterocycles.